The van der Waals surface area contributed by atoms with Crippen molar-refractivity contribution in [1.29, 1.82) is 0 Å². The molecule has 0 unspecified atom stereocenters. The third kappa shape index (κ3) is 16.6. The maximum absolute atomic E-state index is 10.3. The number of aliphatic hydroxyl groups excluding tert-OH is 1. The molecule has 120 valence electrons. The predicted octanol–water partition coefficient (Wildman–Crippen LogP) is 4.63. The van der Waals surface area contributed by atoms with Crippen molar-refractivity contribution in [3.63, 3.8) is 0 Å². The summed E-state index contributed by atoms with van der Waals surface area (Å²) in [6, 6.07) is 0. The zero-order valence-corrected chi connectivity index (χ0v) is 13.2. The van der Waals surface area contributed by atoms with E-state index in [-0.39, 0.29) is 0 Å². The third-order valence-corrected chi connectivity index (χ3v) is 3.12. The molecule has 0 radical (unpaired) electrons. The molecule has 2 N–H and O–H groups in total. The van der Waals surface area contributed by atoms with Gasteiger partial charge < -0.3 is 10.2 Å². The van der Waals surface area contributed by atoms with Gasteiger partial charge in [-0.25, -0.2) is 0 Å². The lowest BCUT2D eigenvalue weighted by Crippen LogP contribution is -1.98. The van der Waals surface area contributed by atoms with Crippen LogP contribution >= 0.6 is 0 Å². The highest BCUT2D eigenvalue weighted by Crippen LogP contribution is 2.07. The summed E-state index contributed by atoms with van der Waals surface area (Å²) in [7, 11) is 0. The number of aliphatic hydroxyl groups is 1. The number of carboxylic acid groups (broad SMARTS) is 1. The highest BCUT2D eigenvalue weighted by molar-refractivity contribution is 5.66. The van der Waals surface area contributed by atoms with Crippen molar-refractivity contribution in [1.82, 2.24) is 0 Å². The van der Waals surface area contributed by atoms with Crippen LogP contribution in [0.1, 0.15) is 64.7 Å². The summed E-state index contributed by atoms with van der Waals surface area (Å²) >= 11 is 0. The van der Waals surface area contributed by atoms with Crippen molar-refractivity contribution in [3.8, 4) is 0 Å². The number of aliphatic carboxylic acids is 1. The van der Waals surface area contributed by atoms with Gasteiger partial charge in [-0.05, 0) is 32.1 Å². The van der Waals surface area contributed by atoms with Gasteiger partial charge in [0.1, 0.15) is 0 Å². The first-order valence-electron chi connectivity index (χ1n) is 8.05. The van der Waals surface area contributed by atoms with Crippen LogP contribution < -0.4 is 0 Å². The van der Waals surface area contributed by atoms with Crippen molar-refractivity contribution in [3.05, 3.63) is 36.5 Å². The Kier molecular flexibility index (Phi) is 14.1. The number of hydrogen-bond donors (Lipinski definition) is 2. The normalized spacial score (nSPS) is 13.6. The van der Waals surface area contributed by atoms with Crippen LogP contribution in [-0.4, -0.2) is 22.3 Å². The molecule has 0 aliphatic carbocycles. The molecule has 0 aliphatic heterocycles. The third-order valence-electron chi connectivity index (χ3n) is 3.12. The molecular weight excluding hydrogens is 264 g/mol. The highest BCUT2D eigenvalue weighted by atomic mass is 16.4. The molecule has 3 nitrogen and oxygen atoms in total. The van der Waals surface area contributed by atoms with E-state index in [1.807, 2.05) is 24.3 Å². The Morgan fingerprint density at radius 1 is 1.00 bits per heavy atom. The molecule has 1 atom stereocenters. The Balaban J connectivity index is 3.43. The first kappa shape index (κ1) is 19.7. The van der Waals surface area contributed by atoms with E-state index in [1.54, 1.807) is 0 Å². The van der Waals surface area contributed by atoms with Crippen LogP contribution in [0.4, 0.5) is 0 Å². The minimum absolute atomic E-state index is 0.292. The molecule has 0 aliphatic rings. The van der Waals surface area contributed by atoms with Gasteiger partial charge in [-0.1, -0.05) is 62.6 Å². The zero-order valence-electron chi connectivity index (χ0n) is 13.2. The van der Waals surface area contributed by atoms with E-state index in [0.29, 0.717) is 12.8 Å². The standard InChI is InChI=1S/C18H30O3/c1-2-3-11-14-17(19)15-12-9-7-5-4-6-8-10-13-16-18(20)21/h3,7,9,11-12,15,17,19H,2,4-6,8,10,13-14,16H2,1H3,(H,20,21)/b9-7-,11-3-,15-12+/t17-/m1/s1. The number of carbonyl (C=O) groups is 1. The molecule has 0 aromatic carbocycles. The van der Waals surface area contributed by atoms with Crippen LogP contribution in [0.15, 0.2) is 36.5 Å². The van der Waals surface area contributed by atoms with Gasteiger partial charge in [0, 0.05) is 6.42 Å². The topological polar surface area (TPSA) is 57.5 Å². The van der Waals surface area contributed by atoms with Crippen LogP contribution in [0, 0.1) is 0 Å². The Bertz CT molecular complexity index is 329. The lowest BCUT2D eigenvalue weighted by molar-refractivity contribution is -0.137. The Morgan fingerprint density at radius 2 is 1.71 bits per heavy atom. The van der Waals surface area contributed by atoms with E-state index in [9.17, 15) is 9.90 Å². The maximum atomic E-state index is 10.3. The molecule has 0 heterocycles. The highest BCUT2D eigenvalue weighted by Gasteiger charge is 1.96. The quantitative estimate of drug-likeness (QED) is 0.296. The number of rotatable bonds is 13. The summed E-state index contributed by atoms with van der Waals surface area (Å²) in [6.07, 6.45) is 19.7. The van der Waals surface area contributed by atoms with Gasteiger partial charge in [-0.15, -0.1) is 0 Å². The molecule has 0 spiro atoms. The minimum atomic E-state index is -0.697. The Hall–Kier alpha value is -1.35. The van der Waals surface area contributed by atoms with Crippen molar-refractivity contribution in [2.24, 2.45) is 0 Å². The molecule has 0 aromatic rings. The van der Waals surface area contributed by atoms with Crippen molar-refractivity contribution < 1.29 is 15.0 Å². The largest absolute Gasteiger partial charge is 0.481 e. The Labute approximate surface area is 129 Å². The molecule has 0 bridgehead atoms. The summed E-state index contributed by atoms with van der Waals surface area (Å²) in [6.45, 7) is 2.08. The Morgan fingerprint density at radius 3 is 2.43 bits per heavy atom. The number of hydrogen-bond acceptors (Lipinski definition) is 2. The predicted molar refractivity (Wildman–Crippen MR) is 88.3 cm³/mol. The summed E-state index contributed by atoms with van der Waals surface area (Å²) in [5, 5.41) is 18.1. The van der Waals surface area contributed by atoms with Crippen LogP contribution in [0.25, 0.3) is 0 Å². The van der Waals surface area contributed by atoms with Gasteiger partial charge in [-0.3, -0.25) is 4.79 Å². The average molecular weight is 294 g/mol. The van der Waals surface area contributed by atoms with E-state index in [1.165, 1.54) is 0 Å². The average Bonchev–Trinajstić information content (AvgIpc) is 2.44. The lowest BCUT2D eigenvalue weighted by Gasteiger charge is -1.99. The monoisotopic (exact) mass is 294 g/mol. The molecule has 0 rings (SSSR count). The molecule has 0 saturated carbocycles. The first-order chi connectivity index (χ1) is 10.2. The number of allylic oxidation sites excluding steroid dienone is 4. The smallest absolute Gasteiger partial charge is 0.303 e. The van der Waals surface area contributed by atoms with E-state index in [0.717, 1.165) is 44.9 Å². The van der Waals surface area contributed by atoms with Gasteiger partial charge in [0.05, 0.1) is 6.10 Å². The van der Waals surface area contributed by atoms with Crippen LogP contribution in [0.5, 0.6) is 0 Å². The number of unbranched alkanes of at least 4 members (excludes halogenated alkanes) is 5. The van der Waals surface area contributed by atoms with Gasteiger partial charge in [0.25, 0.3) is 0 Å². The first-order valence-corrected chi connectivity index (χ1v) is 8.05. The summed E-state index contributed by atoms with van der Waals surface area (Å²) in [5.74, 6) is -0.697. The summed E-state index contributed by atoms with van der Waals surface area (Å²) in [4.78, 5) is 10.3. The second kappa shape index (κ2) is 15.0. The van der Waals surface area contributed by atoms with Crippen LogP contribution in [0.2, 0.25) is 0 Å². The fourth-order valence-electron chi connectivity index (χ4n) is 1.92. The zero-order chi connectivity index (χ0) is 15.8. The van der Waals surface area contributed by atoms with Gasteiger partial charge in [-0.2, -0.15) is 0 Å². The fourth-order valence-corrected chi connectivity index (χ4v) is 1.92. The second-order valence-corrected chi connectivity index (χ2v) is 5.20. The van der Waals surface area contributed by atoms with Crippen molar-refractivity contribution >= 4 is 5.97 Å². The van der Waals surface area contributed by atoms with Crippen LogP contribution in [0.3, 0.4) is 0 Å². The minimum Gasteiger partial charge on any atom is -0.481 e. The van der Waals surface area contributed by atoms with E-state index >= 15 is 0 Å². The lowest BCUT2D eigenvalue weighted by atomic mass is 10.1. The van der Waals surface area contributed by atoms with E-state index in [2.05, 4.69) is 19.1 Å². The second-order valence-electron chi connectivity index (χ2n) is 5.20. The summed E-state index contributed by atoms with van der Waals surface area (Å²) in [5.41, 5.74) is 0. The van der Waals surface area contributed by atoms with Crippen LogP contribution in [-0.2, 0) is 4.79 Å². The van der Waals surface area contributed by atoms with Crippen molar-refractivity contribution in [2.75, 3.05) is 0 Å². The van der Waals surface area contributed by atoms with E-state index < -0.39 is 12.1 Å². The number of carboxylic acids is 1. The van der Waals surface area contributed by atoms with Gasteiger partial charge >= 0.3 is 5.97 Å². The van der Waals surface area contributed by atoms with E-state index in [4.69, 9.17) is 5.11 Å². The molecule has 21 heavy (non-hydrogen) atoms. The van der Waals surface area contributed by atoms with Crippen molar-refractivity contribution in [2.45, 2.75) is 70.8 Å². The molecule has 0 saturated heterocycles. The molecule has 0 aromatic heterocycles. The maximum Gasteiger partial charge on any atom is 0.303 e. The molecule has 0 fully saturated rings. The van der Waals surface area contributed by atoms with Gasteiger partial charge in [0.2, 0.25) is 0 Å². The fraction of sp³-hybridized carbons (Fsp3) is 0.611. The molecule has 3 heteroatoms. The molecule has 0 amide bonds. The molecular formula is C18H30O3. The summed E-state index contributed by atoms with van der Waals surface area (Å²) < 4.78 is 0. The SMILES string of the molecule is CC/C=C\C[C@@H](O)/C=C/C=C\CCCCCCCC(=O)O. The van der Waals surface area contributed by atoms with Gasteiger partial charge in [0.15, 0.2) is 0 Å².